The number of hydrogen-bond donors (Lipinski definition) is 0. The molecule has 0 aliphatic heterocycles. The molecule has 118 valence electrons. The summed E-state index contributed by atoms with van der Waals surface area (Å²) in [5.74, 6) is -2.10. The normalized spacial score (nSPS) is 10.8. The SMILES string of the molecule is CCOC(=O)C(Cc1c(Br)c(C)nn1CC)C(=O)OCC. The number of carbonyl (C=O) groups is 2. The van der Waals surface area contributed by atoms with Crippen molar-refractivity contribution in [2.24, 2.45) is 5.92 Å². The van der Waals surface area contributed by atoms with Crippen LogP contribution in [-0.2, 0) is 32.0 Å². The Morgan fingerprint density at radius 3 is 2.14 bits per heavy atom. The molecule has 0 saturated carbocycles. The van der Waals surface area contributed by atoms with Crippen LogP contribution in [0.1, 0.15) is 32.2 Å². The summed E-state index contributed by atoms with van der Waals surface area (Å²) in [5, 5.41) is 4.36. The molecule has 1 heterocycles. The number of nitrogens with zero attached hydrogens (tertiary/aromatic N) is 2. The van der Waals surface area contributed by atoms with Crippen LogP contribution in [0.15, 0.2) is 4.47 Å². The minimum atomic E-state index is -0.970. The summed E-state index contributed by atoms with van der Waals surface area (Å²) in [6.45, 7) is 8.33. The summed E-state index contributed by atoms with van der Waals surface area (Å²) in [5.41, 5.74) is 1.61. The number of halogens is 1. The van der Waals surface area contributed by atoms with Crippen LogP contribution in [0.2, 0.25) is 0 Å². The molecule has 7 heteroatoms. The van der Waals surface area contributed by atoms with Gasteiger partial charge in [-0.2, -0.15) is 5.10 Å². The molecule has 6 nitrogen and oxygen atoms in total. The average molecular weight is 361 g/mol. The minimum absolute atomic E-state index is 0.201. The standard InChI is InChI=1S/C14H21BrN2O4/c1-5-17-11(12(15)9(4)16-17)8-10(13(18)20-6-2)14(19)21-7-3/h10H,5-8H2,1-4H3. The first kappa shape index (κ1) is 17.7. The van der Waals surface area contributed by atoms with Crippen molar-refractivity contribution in [3.05, 3.63) is 15.9 Å². The predicted octanol–water partition coefficient (Wildman–Crippen LogP) is 2.26. The number of aromatic nitrogens is 2. The molecular weight excluding hydrogens is 340 g/mol. The molecule has 21 heavy (non-hydrogen) atoms. The highest BCUT2D eigenvalue weighted by atomic mass is 79.9. The van der Waals surface area contributed by atoms with E-state index in [1.807, 2.05) is 13.8 Å². The number of esters is 2. The van der Waals surface area contributed by atoms with E-state index in [-0.39, 0.29) is 19.6 Å². The van der Waals surface area contributed by atoms with Gasteiger partial charge in [0.25, 0.3) is 0 Å². The number of carbonyl (C=O) groups excluding carboxylic acids is 2. The molecule has 0 atom stereocenters. The van der Waals surface area contributed by atoms with Crippen LogP contribution in [0.25, 0.3) is 0 Å². The van der Waals surface area contributed by atoms with Crippen LogP contribution in [0.5, 0.6) is 0 Å². The van der Waals surface area contributed by atoms with Crippen molar-refractivity contribution < 1.29 is 19.1 Å². The molecule has 1 aromatic rings. The van der Waals surface area contributed by atoms with Crippen LogP contribution < -0.4 is 0 Å². The summed E-state index contributed by atoms with van der Waals surface area (Å²) in [4.78, 5) is 24.0. The van der Waals surface area contributed by atoms with E-state index in [9.17, 15) is 9.59 Å². The number of hydrogen-bond acceptors (Lipinski definition) is 5. The van der Waals surface area contributed by atoms with Gasteiger partial charge in [0, 0.05) is 13.0 Å². The molecular formula is C14H21BrN2O4. The van der Waals surface area contributed by atoms with E-state index >= 15 is 0 Å². The van der Waals surface area contributed by atoms with Gasteiger partial charge in [-0.15, -0.1) is 0 Å². The third-order valence-electron chi connectivity index (χ3n) is 2.99. The third-order valence-corrected chi connectivity index (χ3v) is 4.02. The summed E-state index contributed by atoms with van der Waals surface area (Å²) in [7, 11) is 0. The van der Waals surface area contributed by atoms with Gasteiger partial charge < -0.3 is 9.47 Å². The van der Waals surface area contributed by atoms with Gasteiger partial charge in [-0.25, -0.2) is 0 Å². The number of aryl methyl sites for hydroxylation is 2. The van der Waals surface area contributed by atoms with Crippen molar-refractivity contribution >= 4 is 27.9 Å². The largest absolute Gasteiger partial charge is 0.465 e. The molecule has 0 aromatic carbocycles. The fourth-order valence-corrected chi connectivity index (χ4v) is 2.45. The zero-order chi connectivity index (χ0) is 16.0. The Morgan fingerprint density at radius 2 is 1.71 bits per heavy atom. The molecule has 0 N–H and O–H groups in total. The minimum Gasteiger partial charge on any atom is -0.465 e. The Bertz CT molecular complexity index is 495. The van der Waals surface area contributed by atoms with E-state index in [4.69, 9.17) is 9.47 Å². The molecule has 1 aromatic heterocycles. The van der Waals surface area contributed by atoms with E-state index in [1.165, 1.54) is 0 Å². The molecule has 0 saturated heterocycles. The summed E-state index contributed by atoms with van der Waals surface area (Å²) in [6, 6.07) is 0. The second-order valence-corrected chi connectivity index (χ2v) is 5.22. The lowest BCUT2D eigenvalue weighted by atomic mass is 10.0. The van der Waals surface area contributed by atoms with Crippen molar-refractivity contribution in [2.75, 3.05) is 13.2 Å². The lowest BCUT2D eigenvalue weighted by Crippen LogP contribution is -2.31. The first-order chi connectivity index (χ1) is 9.96. The quantitative estimate of drug-likeness (QED) is 0.550. The van der Waals surface area contributed by atoms with E-state index in [0.717, 1.165) is 15.9 Å². The Morgan fingerprint density at radius 1 is 1.19 bits per heavy atom. The van der Waals surface area contributed by atoms with Gasteiger partial charge in [0.15, 0.2) is 5.92 Å². The first-order valence-corrected chi connectivity index (χ1v) is 7.80. The Kier molecular flexibility index (Phi) is 6.87. The number of ether oxygens (including phenoxy) is 2. The Balaban J connectivity index is 3.06. The smallest absolute Gasteiger partial charge is 0.320 e. The zero-order valence-electron chi connectivity index (χ0n) is 12.8. The maximum absolute atomic E-state index is 12.0. The molecule has 0 fully saturated rings. The van der Waals surface area contributed by atoms with Crippen molar-refractivity contribution in [1.29, 1.82) is 0 Å². The molecule has 1 rings (SSSR count). The lowest BCUT2D eigenvalue weighted by molar-refractivity contribution is -0.161. The summed E-state index contributed by atoms with van der Waals surface area (Å²) >= 11 is 3.46. The van der Waals surface area contributed by atoms with Crippen LogP contribution in [0.3, 0.4) is 0 Å². The fraction of sp³-hybridized carbons (Fsp3) is 0.643. The highest BCUT2D eigenvalue weighted by Gasteiger charge is 2.32. The molecule has 0 aliphatic carbocycles. The molecule has 0 bridgehead atoms. The van der Waals surface area contributed by atoms with Gasteiger partial charge >= 0.3 is 11.9 Å². The van der Waals surface area contributed by atoms with Crippen molar-refractivity contribution in [2.45, 2.75) is 40.7 Å². The Hall–Kier alpha value is -1.37. The molecule has 0 radical (unpaired) electrons. The summed E-state index contributed by atoms with van der Waals surface area (Å²) in [6.07, 6.45) is 0.201. The maximum Gasteiger partial charge on any atom is 0.320 e. The highest BCUT2D eigenvalue weighted by molar-refractivity contribution is 9.10. The second-order valence-electron chi connectivity index (χ2n) is 4.42. The molecule has 0 unspecified atom stereocenters. The van der Waals surface area contributed by atoms with Gasteiger partial charge in [-0.1, -0.05) is 0 Å². The van der Waals surface area contributed by atoms with Crippen LogP contribution in [-0.4, -0.2) is 34.9 Å². The Labute approximate surface area is 132 Å². The van der Waals surface area contributed by atoms with Crippen LogP contribution in [0, 0.1) is 12.8 Å². The van der Waals surface area contributed by atoms with Crippen LogP contribution in [0.4, 0.5) is 0 Å². The van der Waals surface area contributed by atoms with Gasteiger partial charge in [0.1, 0.15) is 0 Å². The van der Waals surface area contributed by atoms with Crippen molar-refractivity contribution in [3.63, 3.8) is 0 Å². The van der Waals surface area contributed by atoms with Crippen molar-refractivity contribution in [3.8, 4) is 0 Å². The second kappa shape index (κ2) is 8.17. The van der Waals surface area contributed by atoms with E-state index in [1.54, 1.807) is 18.5 Å². The van der Waals surface area contributed by atoms with E-state index in [2.05, 4.69) is 21.0 Å². The van der Waals surface area contributed by atoms with Gasteiger partial charge in [-0.3, -0.25) is 14.3 Å². The lowest BCUT2D eigenvalue weighted by Gasteiger charge is -2.15. The van der Waals surface area contributed by atoms with E-state index in [0.29, 0.717) is 6.54 Å². The molecule has 0 spiro atoms. The first-order valence-electron chi connectivity index (χ1n) is 7.01. The summed E-state index contributed by atoms with van der Waals surface area (Å²) < 4.78 is 12.5. The molecule has 0 aliphatic rings. The highest BCUT2D eigenvalue weighted by Crippen LogP contribution is 2.24. The fourth-order valence-electron chi connectivity index (χ4n) is 2.01. The van der Waals surface area contributed by atoms with E-state index < -0.39 is 17.9 Å². The third kappa shape index (κ3) is 4.30. The average Bonchev–Trinajstić information content (AvgIpc) is 2.72. The monoisotopic (exact) mass is 360 g/mol. The van der Waals surface area contributed by atoms with Gasteiger partial charge in [0.05, 0.1) is 29.1 Å². The predicted molar refractivity (Wildman–Crippen MR) is 80.8 cm³/mol. The number of rotatable bonds is 7. The zero-order valence-corrected chi connectivity index (χ0v) is 14.4. The van der Waals surface area contributed by atoms with Crippen LogP contribution >= 0.6 is 15.9 Å². The maximum atomic E-state index is 12.0. The topological polar surface area (TPSA) is 70.4 Å². The molecule has 0 amide bonds. The van der Waals surface area contributed by atoms with Gasteiger partial charge in [-0.05, 0) is 43.6 Å². The van der Waals surface area contributed by atoms with Gasteiger partial charge in [0.2, 0.25) is 0 Å². The van der Waals surface area contributed by atoms with Crippen molar-refractivity contribution in [1.82, 2.24) is 9.78 Å².